The second-order valence-corrected chi connectivity index (χ2v) is 5.73. The van der Waals surface area contributed by atoms with Crippen LogP contribution in [-0.4, -0.2) is 33.4 Å². The number of nitrogens with zero attached hydrogens (tertiary/aromatic N) is 3. The van der Waals surface area contributed by atoms with Crippen molar-refractivity contribution in [2.45, 2.75) is 25.8 Å². The molecule has 2 aromatic rings. The highest BCUT2D eigenvalue weighted by Crippen LogP contribution is 2.25. The summed E-state index contributed by atoms with van der Waals surface area (Å²) < 4.78 is 6.66. The zero-order valence-electron chi connectivity index (χ0n) is 13.9. The Morgan fingerprint density at radius 1 is 1.44 bits per heavy atom. The highest BCUT2D eigenvalue weighted by molar-refractivity contribution is 5.99. The first-order valence-electron chi connectivity index (χ1n) is 7.83. The van der Waals surface area contributed by atoms with Crippen LogP contribution in [0.25, 0.3) is 0 Å². The summed E-state index contributed by atoms with van der Waals surface area (Å²) in [6.07, 6.45) is 2.39. The summed E-state index contributed by atoms with van der Waals surface area (Å²) in [6.45, 7) is 1.86. The molecular weight excluding hydrogens is 324 g/mol. The van der Waals surface area contributed by atoms with Crippen LogP contribution in [0.5, 0.6) is 5.75 Å². The number of aromatic nitrogens is 2. The first-order chi connectivity index (χ1) is 12.0. The van der Waals surface area contributed by atoms with E-state index in [-0.39, 0.29) is 11.6 Å². The number of para-hydroxylation sites is 2. The standard InChI is InChI=1S/C17H18N4O4/c1-10-7-8-13(20-19-12-5-3-4-6-14(12)25-2)15-18-9-11(17(23)24)16(22)21(10)15/h3-6,9-10,19H,7-8H2,1-2H3,(H,23,24)/b20-13+. The summed E-state index contributed by atoms with van der Waals surface area (Å²) in [4.78, 5) is 27.8. The quantitative estimate of drug-likeness (QED) is 0.825. The fourth-order valence-corrected chi connectivity index (χ4v) is 2.80. The van der Waals surface area contributed by atoms with Gasteiger partial charge in [0.1, 0.15) is 17.0 Å². The van der Waals surface area contributed by atoms with Crippen molar-refractivity contribution < 1.29 is 14.6 Å². The molecule has 1 aromatic carbocycles. The third-order valence-corrected chi connectivity index (χ3v) is 4.14. The molecule has 0 saturated carbocycles. The number of hydrogen-bond acceptors (Lipinski definition) is 6. The van der Waals surface area contributed by atoms with Crippen LogP contribution in [0, 0.1) is 0 Å². The molecule has 0 fully saturated rings. The number of carboxylic acid groups (broad SMARTS) is 1. The molecule has 8 nitrogen and oxygen atoms in total. The van der Waals surface area contributed by atoms with Crippen LogP contribution in [0.15, 0.2) is 40.4 Å². The molecule has 2 N–H and O–H groups in total. The van der Waals surface area contributed by atoms with Gasteiger partial charge in [-0.1, -0.05) is 12.1 Å². The van der Waals surface area contributed by atoms with Crippen molar-refractivity contribution in [3.05, 3.63) is 52.2 Å². The summed E-state index contributed by atoms with van der Waals surface area (Å²) >= 11 is 0. The van der Waals surface area contributed by atoms with Crippen molar-refractivity contribution in [3.63, 3.8) is 0 Å². The minimum Gasteiger partial charge on any atom is -0.495 e. The van der Waals surface area contributed by atoms with Gasteiger partial charge in [0, 0.05) is 12.2 Å². The molecular formula is C17H18N4O4. The van der Waals surface area contributed by atoms with Crippen LogP contribution in [0.4, 0.5) is 5.69 Å². The van der Waals surface area contributed by atoms with E-state index in [1.807, 2.05) is 25.1 Å². The van der Waals surface area contributed by atoms with Gasteiger partial charge >= 0.3 is 5.97 Å². The van der Waals surface area contributed by atoms with Crippen LogP contribution in [0.3, 0.4) is 0 Å². The normalized spacial score (nSPS) is 17.8. The number of nitrogens with one attached hydrogen (secondary N) is 1. The molecule has 1 unspecified atom stereocenters. The van der Waals surface area contributed by atoms with E-state index in [9.17, 15) is 9.59 Å². The maximum absolute atomic E-state index is 12.4. The van der Waals surface area contributed by atoms with Gasteiger partial charge in [-0.2, -0.15) is 5.10 Å². The SMILES string of the molecule is COc1ccccc1N/N=C1\CCC(C)n2c1ncc(C(=O)O)c2=O. The Balaban J connectivity index is 2.01. The smallest absolute Gasteiger partial charge is 0.342 e. The number of methoxy groups -OCH3 is 1. The molecule has 25 heavy (non-hydrogen) atoms. The second kappa shape index (κ2) is 6.76. The monoisotopic (exact) mass is 342 g/mol. The Bertz CT molecular complexity index is 904. The molecule has 2 heterocycles. The molecule has 1 aliphatic heterocycles. The van der Waals surface area contributed by atoms with Gasteiger partial charge in [-0.3, -0.25) is 14.8 Å². The van der Waals surface area contributed by atoms with Gasteiger partial charge in [0.15, 0.2) is 5.82 Å². The van der Waals surface area contributed by atoms with E-state index in [1.165, 1.54) is 4.57 Å². The maximum atomic E-state index is 12.4. The van der Waals surface area contributed by atoms with Gasteiger partial charge in [0.05, 0.1) is 12.8 Å². The van der Waals surface area contributed by atoms with Crippen molar-refractivity contribution in [1.82, 2.24) is 9.55 Å². The predicted octanol–water partition coefficient (Wildman–Crippen LogP) is 2.12. The third-order valence-electron chi connectivity index (χ3n) is 4.14. The Morgan fingerprint density at radius 3 is 2.92 bits per heavy atom. The molecule has 1 aliphatic rings. The third kappa shape index (κ3) is 3.10. The van der Waals surface area contributed by atoms with E-state index < -0.39 is 11.5 Å². The first kappa shape index (κ1) is 16.7. The summed E-state index contributed by atoms with van der Waals surface area (Å²) in [5.41, 5.74) is 3.32. The van der Waals surface area contributed by atoms with Crippen molar-refractivity contribution in [2.75, 3.05) is 12.5 Å². The number of fused-ring (bicyclic) bond motifs is 1. The van der Waals surface area contributed by atoms with Gasteiger partial charge in [0.25, 0.3) is 5.56 Å². The average molecular weight is 342 g/mol. The van der Waals surface area contributed by atoms with E-state index in [4.69, 9.17) is 9.84 Å². The lowest BCUT2D eigenvalue weighted by molar-refractivity contribution is 0.0693. The lowest BCUT2D eigenvalue weighted by Crippen LogP contribution is -2.37. The Morgan fingerprint density at radius 2 is 2.20 bits per heavy atom. The number of benzene rings is 1. The molecule has 0 amide bonds. The number of anilines is 1. The summed E-state index contributed by atoms with van der Waals surface area (Å²) in [5, 5.41) is 13.5. The number of carboxylic acids is 1. The van der Waals surface area contributed by atoms with E-state index >= 15 is 0 Å². The summed E-state index contributed by atoms with van der Waals surface area (Å²) in [7, 11) is 1.57. The van der Waals surface area contributed by atoms with Crippen LogP contribution < -0.4 is 15.7 Å². The van der Waals surface area contributed by atoms with Gasteiger partial charge in [0.2, 0.25) is 0 Å². The number of hydrazone groups is 1. The van der Waals surface area contributed by atoms with Gasteiger partial charge in [-0.05, 0) is 31.9 Å². The zero-order chi connectivity index (χ0) is 18.0. The van der Waals surface area contributed by atoms with Crippen LogP contribution in [0.2, 0.25) is 0 Å². The number of ether oxygens (including phenoxy) is 1. The number of hydrogen-bond donors (Lipinski definition) is 2. The summed E-state index contributed by atoms with van der Waals surface area (Å²) in [6, 6.07) is 7.19. The highest BCUT2D eigenvalue weighted by Gasteiger charge is 2.26. The largest absolute Gasteiger partial charge is 0.495 e. The molecule has 1 atom stereocenters. The van der Waals surface area contributed by atoms with Crippen molar-refractivity contribution in [1.29, 1.82) is 0 Å². The fraction of sp³-hybridized carbons (Fsp3) is 0.294. The molecule has 0 spiro atoms. The lowest BCUT2D eigenvalue weighted by Gasteiger charge is -2.25. The van der Waals surface area contributed by atoms with E-state index in [1.54, 1.807) is 13.2 Å². The van der Waals surface area contributed by atoms with Gasteiger partial charge < -0.3 is 9.84 Å². The van der Waals surface area contributed by atoms with Crippen LogP contribution >= 0.6 is 0 Å². The van der Waals surface area contributed by atoms with E-state index in [0.29, 0.717) is 35.8 Å². The topological polar surface area (TPSA) is 106 Å². The molecule has 8 heteroatoms. The maximum Gasteiger partial charge on any atom is 0.342 e. The minimum absolute atomic E-state index is 0.139. The Labute approximate surface area is 143 Å². The zero-order valence-corrected chi connectivity index (χ0v) is 13.9. The molecule has 0 saturated heterocycles. The lowest BCUT2D eigenvalue weighted by atomic mass is 10.0. The average Bonchev–Trinajstić information content (AvgIpc) is 2.61. The molecule has 0 aliphatic carbocycles. The highest BCUT2D eigenvalue weighted by atomic mass is 16.5. The first-order valence-corrected chi connectivity index (χ1v) is 7.83. The van der Waals surface area contributed by atoms with Gasteiger partial charge in [-0.15, -0.1) is 0 Å². The predicted molar refractivity (Wildman–Crippen MR) is 92.6 cm³/mol. The van der Waals surface area contributed by atoms with E-state index in [0.717, 1.165) is 6.20 Å². The van der Waals surface area contributed by atoms with Gasteiger partial charge in [-0.25, -0.2) is 9.78 Å². The number of aromatic carboxylic acids is 1. The fourth-order valence-electron chi connectivity index (χ4n) is 2.80. The van der Waals surface area contributed by atoms with Crippen molar-refractivity contribution in [3.8, 4) is 5.75 Å². The Hall–Kier alpha value is -3.16. The minimum atomic E-state index is -1.28. The Kier molecular flexibility index (Phi) is 4.51. The number of rotatable bonds is 4. The molecule has 0 radical (unpaired) electrons. The van der Waals surface area contributed by atoms with Crippen molar-refractivity contribution >= 4 is 17.4 Å². The molecule has 0 bridgehead atoms. The number of carbonyl (C=O) groups is 1. The second-order valence-electron chi connectivity index (χ2n) is 5.73. The van der Waals surface area contributed by atoms with E-state index in [2.05, 4.69) is 15.5 Å². The summed E-state index contributed by atoms with van der Waals surface area (Å²) in [5.74, 6) is -0.255. The molecule has 3 rings (SSSR count). The van der Waals surface area contributed by atoms with Crippen molar-refractivity contribution in [2.24, 2.45) is 5.10 Å². The van der Waals surface area contributed by atoms with Crippen LogP contribution in [-0.2, 0) is 0 Å². The van der Waals surface area contributed by atoms with Crippen LogP contribution in [0.1, 0.15) is 42.0 Å². The molecule has 1 aromatic heterocycles. The molecule has 130 valence electrons.